The highest BCUT2D eigenvalue weighted by atomic mass is 15.2. The first-order chi connectivity index (χ1) is 16.6. The van der Waals surface area contributed by atoms with Gasteiger partial charge in [0.15, 0.2) is 11.0 Å². The van der Waals surface area contributed by atoms with Crippen LogP contribution < -0.4 is 9.13 Å². The van der Waals surface area contributed by atoms with Gasteiger partial charge < -0.3 is 0 Å². The molecule has 0 fully saturated rings. The quantitative estimate of drug-likeness (QED) is 0.393. The molecule has 6 aromatic rings. The molecule has 0 bridgehead atoms. The Hall–Kier alpha value is -4.83. The first-order valence-corrected chi connectivity index (χ1v) is 10.9. The number of rotatable bonds is 3. The van der Waals surface area contributed by atoms with Crippen LogP contribution in [0.1, 0.15) is 5.56 Å². The summed E-state index contributed by atoms with van der Waals surface area (Å²) >= 11 is 0. The van der Waals surface area contributed by atoms with Crippen LogP contribution in [0.3, 0.4) is 0 Å². The van der Waals surface area contributed by atoms with E-state index >= 15 is 0 Å². The van der Waals surface area contributed by atoms with Gasteiger partial charge in [0.05, 0.1) is 25.7 Å². The molecular weight excluding hydrogens is 422 g/mol. The maximum atomic E-state index is 9.22. The van der Waals surface area contributed by atoms with Gasteiger partial charge in [0, 0.05) is 18.5 Å². The maximum absolute atomic E-state index is 9.22. The average Bonchev–Trinajstić information content (AvgIpc) is 3.41. The molecule has 7 heteroatoms. The van der Waals surface area contributed by atoms with Crippen LogP contribution in [0.25, 0.3) is 44.8 Å². The summed E-state index contributed by atoms with van der Waals surface area (Å²) in [5.41, 5.74) is 8.55. The van der Waals surface area contributed by atoms with E-state index in [0.29, 0.717) is 5.56 Å². The van der Waals surface area contributed by atoms with Crippen LogP contribution >= 0.6 is 0 Å². The number of benzene rings is 2. The molecule has 34 heavy (non-hydrogen) atoms. The Bertz CT molecular complexity index is 1640. The van der Waals surface area contributed by atoms with Crippen LogP contribution in [-0.2, 0) is 14.1 Å². The van der Waals surface area contributed by atoms with Gasteiger partial charge in [-0.2, -0.15) is 14.4 Å². The molecule has 7 nitrogen and oxygen atoms in total. The molecule has 0 amide bonds. The standard InChI is InChI=1S/C27H21N7/c1-31-17-33(26-24(31)5-3-11-29-26)22-13-21(20-9-7-19(16-28)8-10-20)14-23(15-22)34-18-32(2)25-6-4-12-30-27(25)34/h3-15,17-18H,1-2H3/q+2. The molecule has 0 aliphatic rings. The highest BCUT2D eigenvalue weighted by Crippen LogP contribution is 2.28. The number of imidazole rings is 2. The molecule has 4 aromatic heterocycles. The lowest BCUT2D eigenvalue weighted by Gasteiger charge is -2.07. The number of aromatic nitrogens is 6. The SMILES string of the molecule is C[n+]1cn(-c2cc(-c3ccc(C#N)cc3)cc(-n3c[n+](C)c4cccnc43)c2)c2ncccc21. The molecule has 6 rings (SSSR count). The van der Waals surface area contributed by atoms with E-state index in [1.807, 2.05) is 75.5 Å². The van der Waals surface area contributed by atoms with E-state index in [1.54, 1.807) is 0 Å². The number of nitrogens with zero attached hydrogens (tertiary/aromatic N) is 7. The second kappa shape index (κ2) is 7.64. The van der Waals surface area contributed by atoms with Crippen molar-refractivity contribution in [1.29, 1.82) is 5.26 Å². The van der Waals surface area contributed by atoms with Gasteiger partial charge in [-0.1, -0.05) is 12.1 Å². The minimum atomic E-state index is 0.639. The summed E-state index contributed by atoms with van der Waals surface area (Å²) in [6, 6.07) is 24.3. The van der Waals surface area contributed by atoms with E-state index in [4.69, 9.17) is 0 Å². The van der Waals surface area contributed by atoms with E-state index in [2.05, 4.69) is 64.6 Å². The van der Waals surface area contributed by atoms with Gasteiger partial charge in [-0.3, -0.25) is 0 Å². The fraction of sp³-hybridized carbons (Fsp3) is 0.0741. The lowest BCUT2D eigenvalue weighted by atomic mass is 10.0. The van der Waals surface area contributed by atoms with Crippen LogP contribution in [0.4, 0.5) is 0 Å². The van der Waals surface area contributed by atoms with Gasteiger partial charge in [-0.05, 0) is 59.7 Å². The molecule has 0 radical (unpaired) electrons. The van der Waals surface area contributed by atoms with Gasteiger partial charge in [-0.15, -0.1) is 0 Å². The third kappa shape index (κ3) is 3.12. The Labute approximate surface area is 196 Å². The highest BCUT2D eigenvalue weighted by Gasteiger charge is 2.22. The Balaban J connectivity index is 1.63. The van der Waals surface area contributed by atoms with E-state index < -0.39 is 0 Å². The van der Waals surface area contributed by atoms with Crippen molar-refractivity contribution in [2.24, 2.45) is 14.1 Å². The normalized spacial score (nSPS) is 11.2. The van der Waals surface area contributed by atoms with Crippen LogP contribution in [0.5, 0.6) is 0 Å². The van der Waals surface area contributed by atoms with Gasteiger partial charge in [0.1, 0.15) is 11.4 Å². The molecule has 0 aliphatic heterocycles. The van der Waals surface area contributed by atoms with Crippen molar-refractivity contribution in [2.45, 2.75) is 0 Å². The van der Waals surface area contributed by atoms with Gasteiger partial charge >= 0.3 is 0 Å². The predicted molar refractivity (Wildman–Crippen MR) is 128 cm³/mol. The van der Waals surface area contributed by atoms with Crippen molar-refractivity contribution >= 4 is 22.3 Å². The molecule has 2 aromatic carbocycles. The zero-order chi connectivity index (χ0) is 23.2. The summed E-state index contributed by atoms with van der Waals surface area (Å²) in [6.07, 6.45) is 7.72. The van der Waals surface area contributed by atoms with Crippen LogP contribution in [0, 0.1) is 11.3 Å². The van der Waals surface area contributed by atoms with Crippen LogP contribution in [-0.4, -0.2) is 19.1 Å². The van der Waals surface area contributed by atoms with Crippen LogP contribution in [0.15, 0.2) is 91.8 Å². The number of nitriles is 1. The molecule has 0 saturated carbocycles. The number of hydrogen-bond acceptors (Lipinski definition) is 3. The monoisotopic (exact) mass is 443 g/mol. The summed E-state index contributed by atoms with van der Waals surface area (Å²) in [6.45, 7) is 0. The minimum Gasteiger partial charge on any atom is -0.231 e. The van der Waals surface area contributed by atoms with Gasteiger partial charge in [-0.25, -0.2) is 19.1 Å². The molecule has 4 heterocycles. The number of fused-ring (bicyclic) bond motifs is 2. The fourth-order valence-corrected chi connectivity index (χ4v) is 4.43. The van der Waals surface area contributed by atoms with Crippen LogP contribution in [0.2, 0.25) is 0 Å². The zero-order valence-corrected chi connectivity index (χ0v) is 18.8. The second-order valence-corrected chi connectivity index (χ2v) is 8.31. The summed E-state index contributed by atoms with van der Waals surface area (Å²) in [5, 5.41) is 9.22. The molecule has 0 aliphatic carbocycles. The molecule has 0 saturated heterocycles. The van der Waals surface area contributed by atoms with Gasteiger partial charge in [0.25, 0.3) is 23.9 Å². The summed E-state index contributed by atoms with van der Waals surface area (Å²) in [4.78, 5) is 9.29. The van der Waals surface area contributed by atoms with E-state index in [1.165, 1.54) is 0 Å². The lowest BCUT2D eigenvalue weighted by Crippen LogP contribution is -2.25. The number of hydrogen-bond donors (Lipinski definition) is 0. The fourth-order valence-electron chi connectivity index (χ4n) is 4.43. The lowest BCUT2D eigenvalue weighted by molar-refractivity contribution is -0.645. The predicted octanol–water partition coefficient (Wildman–Crippen LogP) is 3.55. The topological polar surface area (TPSA) is 67.2 Å². The Morgan fingerprint density at radius 2 is 1.24 bits per heavy atom. The second-order valence-electron chi connectivity index (χ2n) is 8.31. The first-order valence-electron chi connectivity index (χ1n) is 10.9. The zero-order valence-electron chi connectivity index (χ0n) is 18.8. The van der Waals surface area contributed by atoms with Crippen molar-refractivity contribution in [1.82, 2.24) is 19.1 Å². The summed E-state index contributed by atoms with van der Waals surface area (Å²) < 4.78 is 8.35. The van der Waals surface area contributed by atoms with E-state index in [0.717, 1.165) is 44.8 Å². The Morgan fingerprint density at radius 3 is 1.74 bits per heavy atom. The maximum Gasteiger partial charge on any atom is 0.273 e. The molecular formula is C27H21N7+2. The highest BCUT2D eigenvalue weighted by molar-refractivity contribution is 5.76. The Kier molecular flexibility index (Phi) is 4.46. The number of aryl methyl sites for hydroxylation is 2. The summed E-state index contributed by atoms with van der Waals surface area (Å²) in [5.74, 6) is 0. The molecule has 0 unspecified atom stereocenters. The summed E-state index contributed by atoms with van der Waals surface area (Å²) in [7, 11) is 4.05. The smallest absolute Gasteiger partial charge is 0.231 e. The van der Waals surface area contributed by atoms with Crippen molar-refractivity contribution in [3.63, 3.8) is 0 Å². The van der Waals surface area contributed by atoms with E-state index in [9.17, 15) is 5.26 Å². The third-order valence-electron chi connectivity index (χ3n) is 6.13. The van der Waals surface area contributed by atoms with Crippen molar-refractivity contribution < 1.29 is 9.13 Å². The van der Waals surface area contributed by atoms with Crippen molar-refractivity contribution in [3.05, 3.63) is 97.3 Å². The third-order valence-corrected chi connectivity index (χ3v) is 6.13. The largest absolute Gasteiger partial charge is 0.273 e. The molecule has 162 valence electrons. The average molecular weight is 444 g/mol. The Morgan fingerprint density at radius 1 is 0.706 bits per heavy atom. The molecule has 0 N–H and O–H groups in total. The van der Waals surface area contributed by atoms with Gasteiger partial charge in [0.2, 0.25) is 0 Å². The number of pyridine rings is 2. The first kappa shape index (κ1) is 19.8. The molecule has 0 atom stereocenters. The van der Waals surface area contributed by atoms with E-state index in [-0.39, 0.29) is 0 Å². The van der Waals surface area contributed by atoms with Crippen molar-refractivity contribution in [3.8, 4) is 28.6 Å². The molecule has 0 spiro atoms. The van der Waals surface area contributed by atoms with Crippen molar-refractivity contribution in [2.75, 3.05) is 0 Å². The minimum absolute atomic E-state index is 0.639.